The van der Waals surface area contributed by atoms with Gasteiger partial charge in [-0.2, -0.15) is 0 Å². The number of benzene rings is 1. The number of fused-ring (bicyclic) bond motifs is 1. The van der Waals surface area contributed by atoms with Gasteiger partial charge in [0.1, 0.15) is 0 Å². The van der Waals surface area contributed by atoms with E-state index in [2.05, 4.69) is 17.8 Å². The number of ether oxygens (including phenoxy) is 2. The third-order valence-electron chi connectivity index (χ3n) is 4.64. The Bertz CT molecular complexity index is 940. The van der Waals surface area contributed by atoms with Gasteiger partial charge in [0.2, 0.25) is 0 Å². The second-order valence-electron chi connectivity index (χ2n) is 6.94. The lowest BCUT2D eigenvalue weighted by Gasteiger charge is -2.16. The zero-order valence-electron chi connectivity index (χ0n) is 16.2. The first kappa shape index (κ1) is 20.7. The van der Waals surface area contributed by atoms with Crippen molar-refractivity contribution >= 4 is 29.1 Å². The average Bonchev–Trinajstić information content (AvgIpc) is 3.13. The summed E-state index contributed by atoms with van der Waals surface area (Å²) >= 11 is 1.47. The van der Waals surface area contributed by atoms with E-state index >= 15 is 0 Å². The zero-order chi connectivity index (χ0) is 21.0. The number of methoxy groups -OCH3 is 1. The molecule has 0 unspecified atom stereocenters. The standard InChI is InChI=1S/C20H23N3O5S/c1-11-3-6-16-13(7-11)9-17(29-16)20(26)23-22-19(25)12-4-5-14(15(8-12)27-2)28-10-18(21)24/h4-5,8-9,11H,3,6-7,10H2,1-2H3,(H2,21,24)(H,22,25)(H,23,26)/t11-/m0/s1. The summed E-state index contributed by atoms with van der Waals surface area (Å²) in [5.74, 6) is -0.304. The molecular formula is C20H23N3O5S. The number of hydrogen-bond donors (Lipinski definition) is 3. The van der Waals surface area contributed by atoms with E-state index in [1.165, 1.54) is 47.1 Å². The number of carbonyl (C=O) groups excluding carboxylic acids is 3. The van der Waals surface area contributed by atoms with Crippen LogP contribution in [-0.2, 0) is 17.6 Å². The third-order valence-corrected chi connectivity index (χ3v) is 5.87. The first-order valence-electron chi connectivity index (χ1n) is 9.18. The number of carbonyl (C=O) groups is 3. The fourth-order valence-electron chi connectivity index (χ4n) is 3.14. The van der Waals surface area contributed by atoms with E-state index in [4.69, 9.17) is 15.2 Å². The molecule has 3 rings (SSSR count). The monoisotopic (exact) mass is 417 g/mol. The van der Waals surface area contributed by atoms with Crippen LogP contribution in [0.25, 0.3) is 0 Å². The lowest BCUT2D eigenvalue weighted by molar-refractivity contribution is -0.119. The molecule has 9 heteroatoms. The van der Waals surface area contributed by atoms with Crippen LogP contribution in [0.4, 0.5) is 0 Å². The molecule has 0 bridgehead atoms. The number of aryl methyl sites for hydroxylation is 1. The molecular weight excluding hydrogens is 394 g/mol. The van der Waals surface area contributed by atoms with E-state index in [9.17, 15) is 14.4 Å². The summed E-state index contributed by atoms with van der Waals surface area (Å²) in [6.07, 6.45) is 3.10. The van der Waals surface area contributed by atoms with Crippen molar-refractivity contribution in [2.24, 2.45) is 11.7 Å². The van der Waals surface area contributed by atoms with Gasteiger partial charge >= 0.3 is 0 Å². The largest absolute Gasteiger partial charge is 0.493 e. The third kappa shape index (κ3) is 5.05. The van der Waals surface area contributed by atoms with Crippen molar-refractivity contribution in [2.45, 2.75) is 26.2 Å². The van der Waals surface area contributed by atoms with Gasteiger partial charge in [0.15, 0.2) is 18.1 Å². The lowest BCUT2D eigenvalue weighted by atomic mass is 9.90. The number of nitrogens with one attached hydrogen (secondary N) is 2. The van der Waals surface area contributed by atoms with Crippen molar-refractivity contribution in [3.05, 3.63) is 45.1 Å². The van der Waals surface area contributed by atoms with Gasteiger partial charge in [-0.15, -0.1) is 11.3 Å². The highest BCUT2D eigenvalue weighted by Crippen LogP contribution is 2.32. The molecule has 4 N–H and O–H groups in total. The Hall–Kier alpha value is -3.07. The molecule has 154 valence electrons. The maximum Gasteiger partial charge on any atom is 0.279 e. The maximum absolute atomic E-state index is 12.4. The van der Waals surface area contributed by atoms with Gasteiger partial charge in [-0.05, 0) is 55.0 Å². The minimum atomic E-state index is -0.624. The lowest BCUT2D eigenvalue weighted by Crippen LogP contribution is -2.41. The molecule has 8 nitrogen and oxygen atoms in total. The van der Waals surface area contributed by atoms with Crippen LogP contribution < -0.4 is 26.1 Å². The summed E-state index contributed by atoms with van der Waals surface area (Å²) in [6.45, 7) is 1.90. The van der Waals surface area contributed by atoms with Gasteiger partial charge in [-0.25, -0.2) is 0 Å². The van der Waals surface area contributed by atoms with E-state index in [-0.39, 0.29) is 29.6 Å². The minimum Gasteiger partial charge on any atom is -0.493 e. The highest BCUT2D eigenvalue weighted by Gasteiger charge is 2.21. The molecule has 1 aromatic heterocycles. The van der Waals surface area contributed by atoms with Crippen molar-refractivity contribution in [1.82, 2.24) is 10.9 Å². The van der Waals surface area contributed by atoms with Gasteiger partial charge in [-0.3, -0.25) is 25.2 Å². The SMILES string of the molecule is COc1cc(C(=O)NNC(=O)c2cc3c(s2)CC[C@H](C)C3)ccc1OCC(N)=O. The molecule has 1 atom stereocenters. The second-order valence-corrected chi connectivity index (χ2v) is 8.07. The van der Waals surface area contributed by atoms with Crippen LogP contribution in [0.5, 0.6) is 11.5 Å². The highest BCUT2D eigenvalue weighted by molar-refractivity contribution is 7.14. The summed E-state index contributed by atoms with van der Waals surface area (Å²) < 4.78 is 10.4. The molecule has 1 aromatic carbocycles. The van der Waals surface area contributed by atoms with Crippen molar-refractivity contribution in [2.75, 3.05) is 13.7 Å². The van der Waals surface area contributed by atoms with Crippen molar-refractivity contribution in [3.63, 3.8) is 0 Å². The van der Waals surface area contributed by atoms with Crippen LogP contribution in [0.3, 0.4) is 0 Å². The second kappa shape index (κ2) is 8.95. The quantitative estimate of drug-likeness (QED) is 0.620. The summed E-state index contributed by atoms with van der Waals surface area (Å²) in [5, 5.41) is 0. The van der Waals surface area contributed by atoms with E-state index in [1.807, 2.05) is 6.07 Å². The number of hydrazine groups is 1. The molecule has 1 aliphatic rings. The van der Waals surface area contributed by atoms with Crippen LogP contribution in [0.2, 0.25) is 0 Å². The smallest absolute Gasteiger partial charge is 0.279 e. The van der Waals surface area contributed by atoms with Gasteiger partial charge in [-0.1, -0.05) is 6.92 Å². The van der Waals surface area contributed by atoms with Crippen LogP contribution in [-0.4, -0.2) is 31.4 Å². The molecule has 0 radical (unpaired) electrons. The predicted octanol–water partition coefficient (Wildman–Crippen LogP) is 1.82. The molecule has 1 aliphatic carbocycles. The van der Waals surface area contributed by atoms with Crippen LogP contribution in [0.15, 0.2) is 24.3 Å². The maximum atomic E-state index is 12.4. The predicted molar refractivity (Wildman–Crippen MR) is 108 cm³/mol. The van der Waals surface area contributed by atoms with E-state index in [1.54, 1.807) is 0 Å². The Balaban J connectivity index is 1.61. The van der Waals surface area contributed by atoms with Gasteiger partial charge in [0.05, 0.1) is 12.0 Å². The molecule has 1 heterocycles. The van der Waals surface area contributed by atoms with Crippen molar-refractivity contribution < 1.29 is 23.9 Å². The Labute approximate surface area is 172 Å². The number of primary amides is 1. The van der Waals surface area contributed by atoms with Gasteiger partial charge in [0.25, 0.3) is 17.7 Å². The zero-order valence-corrected chi connectivity index (χ0v) is 17.1. The first-order valence-corrected chi connectivity index (χ1v) is 10.0. The van der Waals surface area contributed by atoms with E-state index < -0.39 is 11.8 Å². The van der Waals surface area contributed by atoms with E-state index in [0.717, 1.165) is 19.3 Å². The molecule has 0 spiro atoms. The summed E-state index contributed by atoms with van der Waals surface area (Å²) in [5.41, 5.74) is 11.4. The van der Waals surface area contributed by atoms with Crippen LogP contribution in [0.1, 0.15) is 43.8 Å². The fraction of sp³-hybridized carbons (Fsp3) is 0.350. The topological polar surface area (TPSA) is 120 Å². The molecule has 0 saturated carbocycles. The number of hydrogen-bond acceptors (Lipinski definition) is 6. The average molecular weight is 417 g/mol. The number of amides is 3. The minimum absolute atomic E-state index is 0.257. The van der Waals surface area contributed by atoms with Crippen LogP contribution in [0, 0.1) is 5.92 Å². The molecule has 2 aromatic rings. The Morgan fingerprint density at radius 2 is 1.93 bits per heavy atom. The normalized spacial score (nSPS) is 15.2. The van der Waals surface area contributed by atoms with E-state index in [0.29, 0.717) is 10.8 Å². The summed E-state index contributed by atoms with van der Waals surface area (Å²) in [6, 6.07) is 6.34. The Kier molecular flexibility index (Phi) is 6.38. The molecule has 0 aliphatic heterocycles. The van der Waals surface area contributed by atoms with Crippen molar-refractivity contribution in [3.8, 4) is 11.5 Å². The summed E-state index contributed by atoms with van der Waals surface area (Å²) in [7, 11) is 1.41. The Morgan fingerprint density at radius 1 is 1.17 bits per heavy atom. The van der Waals surface area contributed by atoms with Crippen LogP contribution >= 0.6 is 11.3 Å². The van der Waals surface area contributed by atoms with Gasteiger partial charge < -0.3 is 15.2 Å². The van der Waals surface area contributed by atoms with Gasteiger partial charge in [0, 0.05) is 10.4 Å². The fourth-order valence-corrected chi connectivity index (χ4v) is 4.25. The number of nitrogens with two attached hydrogens (primary N) is 1. The molecule has 0 fully saturated rings. The summed E-state index contributed by atoms with van der Waals surface area (Å²) in [4.78, 5) is 37.4. The molecule has 0 saturated heterocycles. The molecule has 3 amide bonds. The Morgan fingerprint density at radius 3 is 2.66 bits per heavy atom. The molecule has 29 heavy (non-hydrogen) atoms. The highest BCUT2D eigenvalue weighted by atomic mass is 32.1. The number of rotatable bonds is 6. The number of thiophene rings is 1. The van der Waals surface area contributed by atoms with Crippen molar-refractivity contribution in [1.29, 1.82) is 0 Å². The first-order chi connectivity index (χ1) is 13.9.